The first-order valence-corrected chi connectivity index (χ1v) is 11.7. The highest BCUT2D eigenvalue weighted by molar-refractivity contribution is 7.89. The molecule has 3 rings (SSSR count). The van der Waals surface area contributed by atoms with Crippen molar-refractivity contribution < 1.29 is 18.0 Å². The lowest BCUT2D eigenvalue weighted by atomic mass is 9.97. The third-order valence-corrected chi connectivity index (χ3v) is 7.66. The quantitative estimate of drug-likeness (QED) is 0.770. The molecule has 0 unspecified atom stereocenters. The van der Waals surface area contributed by atoms with Crippen LogP contribution < -0.4 is 5.32 Å². The van der Waals surface area contributed by atoms with E-state index in [1.54, 1.807) is 50.5 Å². The Balaban J connectivity index is 1.67. The summed E-state index contributed by atoms with van der Waals surface area (Å²) in [7, 11) is -0.267. The number of anilines is 1. The van der Waals surface area contributed by atoms with E-state index in [0.29, 0.717) is 24.1 Å². The Morgan fingerprint density at radius 3 is 2.26 bits per heavy atom. The van der Waals surface area contributed by atoms with Gasteiger partial charge in [0.05, 0.1) is 16.1 Å². The zero-order chi connectivity index (χ0) is 22.8. The van der Waals surface area contributed by atoms with Crippen LogP contribution >= 0.6 is 0 Å². The summed E-state index contributed by atoms with van der Waals surface area (Å²) < 4.78 is 27.4. The number of rotatable bonds is 5. The predicted molar refractivity (Wildman–Crippen MR) is 120 cm³/mol. The van der Waals surface area contributed by atoms with E-state index in [1.165, 1.54) is 9.21 Å². The summed E-state index contributed by atoms with van der Waals surface area (Å²) in [6, 6.07) is 12.0. The average Bonchev–Trinajstić information content (AvgIpc) is 2.75. The number of nitrogens with one attached hydrogen (secondary N) is 1. The molecule has 1 fully saturated rings. The van der Waals surface area contributed by atoms with Gasteiger partial charge in [-0.05, 0) is 62.1 Å². The summed E-state index contributed by atoms with van der Waals surface area (Å²) in [6.07, 6.45) is 0.861. The summed E-state index contributed by atoms with van der Waals surface area (Å²) in [6.45, 7) is 4.40. The molecule has 0 aliphatic carbocycles. The number of carbonyl (C=O) groups is 2. The standard InChI is InChI=1S/C23H29N3O4S/c1-16-9-10-19(15-17(16)2)31(29,30)26-13-11-18(12-14-26)22(27)24-21-8-6-5-7-20(21)23(28)25(3)4/h5-10,15,18H,11-14H2,1-4H3,(H,24,27). The highest BCUT2D eigenvalue weighted by atomic mass is 32.2. The molecule has 1 N–H and O–H groups in total. The summed E-state index contributed by atoms with van der Waals surface area (Å²) >= 11 is 0. The molecular weight excluding hydrogens is 414 g/mol. The molecule has 1 aliphatic rings. The molecule has 1 aliphatic heterocycles. The van der Waals surface area contributed by atoms with Crippen LogP contribution in [0.25, 0.3) is 0 Å². The van der Waals surface area contributed by atoms with Gasteiger partial charge in [-0.3, -0.25) is 9.59 Å². The minimum absolute atomic E-state index is 0.190. The number of benzene rings is 2. The fraction of sp³-hybridized carbons (Fsp3) is 0.391. The maximum atomic E-state index is 13.0. The monoisotopic (exact) mass is 443 g/mol. The fourth-order valence-corrected chi connectivity index (χ4v) is 5.19. The van der Waals surface area contributed by atoms with Crippen LogP contribution in [0.1, 0.15) is 34.3 Å². The summed E-state index contributed by atoms with van der Waals surface area (Å²) in [5.74, 6) is -0.693. The number of piperidine rings is 1. The van der Waals surface area contributed by atoms with Gasteiger partial charge in [0.2, 0.25) is 15.9 Å². The largest absolute Gasteiger partial charge is 0.345 e. The zero-order valence-electron chi connectivity index (χ0n) is 18.4. The first-order valence-electron chi connectivity index (χ1n) is 10.3. The molecule has 0 radical (unpaired) electrons. The Labute approximate surface area is 184 Å². The minimum Gasteiger partial charge on any atom is -0.345 e. The normalized spacial score (nSPS) is 15.5. The molecule has 0 bridgehead atoms. The van der Waals surface area contributed by atoms with Crippen molar-refractivity contribution in [3.63, 3.8) is 0 Å². The minimum atomic E-state index is -3.59. The highest BCUT2D eigenvalue weighted by Crippen LogP contribution is 2.26. The fourth-order valence-electron chi connectivity index (χ4n) is 3.64. The molecule has 2 amide bonds. The molecular formula is C23H29N3O4S. The second kappa shape index (κ2) is 9.20. The van der Waals surface area contributed by atoms with Crippen LogP contribution in [0.2, 0.25) is 0 Å². The molecule has 1 saturated heterocycles. The van der Waals surface area contributed by atoms with Gasteiger partial charge in [-0.25, -0.2) is 8.42 Å². The molecule has 0 spiro atoms. The number of hydrogen-bond acceptors (Lipinski definition) is 4. The van der Waals surface area contributed by atoms with E-state index < -0.39 is 10.0 Å². The average molecular weight is 444 g/mol. The van der Waals surface area contributed by atoms with E-state index in [1.807, 2.05) is 19.9 Å². The van der Waals surface area contributed by atoms with Crippen molar-refractivity contribution in [3.05, 3.63) is 59.2 Å². The van der Waals surface area contributed by atoms with E-state index in [-0.39, 0.29) is 35.7 Å². The lowest BCUT2D eigenvalue weighted by molar-refractivity contribution is -0.120. The molecule has 0 atom stereocenters. The van der Waals surface area contributed by atoms with Gasteiger partial charge in [-0.1, -0.05) is 18.2 Å². The van der Waals surface area contributed by atoms with Crippen LogP contribution in [0, 0.1) is 19.8 Å². The highest BCUT2D eigenvalue weighted by Gasteiger charge is 2.32. The smallest absolute Gasteiger partial charge is 0.255 e. The maximum absolute atomic E-state index is 13.0. The number of carbonyl (C=O) groups excluding carboxylic acids is 2. The van der Waals surface area contributed by atoms with Crippen LogP contribution in [0.15, 0.2) is 47.4 Å². The van der Waals surface area contributed by atoms with E-state index in [2.05, 4.69) is 5.32 Å². The van der Waals surface area contributed by atoms with Crippen LogP contribution in [-0.4, -0.2) is 56.6 Å². The molecule has 0 aromatic heterocycles. The molecule has 31 heavy (non-hydrogen) atoms. The predicted octanol–water partition coefficient (Wildman–Crippen LogP) is 3.04. The number of amides is 2. The van der Waals surface area contributed by atoms with Gasteiger partial charge >= 0.3 is 0 Å². The van der Waals surface area contributed by atoms with Crippen LogP contribution in [-0.2, 0) is 14.8 Å². The summed E-state index contributed by atoms with van der Waals surface area (Å²) in [5.41, 5.74) is 2.87. The Morgan fingerprint density at radius 2 is 1.65 bits per heavy atom. The first kappa shape index (κ1) is 23.0. The molecule has 2 aromatic rings. The Kier molecular flexibility index (Phi) is 6.81. The summed E-state index contributed by atoms with van der Waals surface area (Å²) in [5, 5.41) is 2.86. The second-order valence-electron chi connectivity index (χ2n) is 8.16. The number of nitrogens with zero attached hydrogens (tertiary/aromatic N) is 2. The summed E-state index contributed by atoms with van der Waals surface area (Å²) in [4.78, 5) is 26.9. The third kappa shape index (κ3) is 4.97. The molecule has 8 heteroatoms. The molecule has 166 valence electrons. The number of sulfonamides is 1. The number of hydrogen-bond donors (Lipinski definition) is 1. The van der Waals surface area contributed by atoms with Crippen molar-refractivity contribution in [2.75, 3.05) is 32.5 Å². The van der Waals surface area contributed by atoms with Crippen LogP contribution in [0.5, 0.6) is 0 Å². The van der Waals surface area contributed by atoms with Gasteiger partial charge in [0.15, 0.2) is 0 Å². The van der Waals surface area contributed by atoms with Crippen molar-refractivity contribution in [2.45, 2.75) is 31.6 Å². The molecule has 1 heterocycles. The SMILES string of the molecule is Cc1ccc(S(=O)(=O)N2CCC(C(=O)Nc3ccccc3C(=O)N(C)C)CC2)cc1C. The molecule has 2 aromatic carbocycles. The number of aryl methyl sites for hydroxylation is 2. The maximum Gasteiger partial charge on any atom is 0.255 e. The first-order chi connectivity index (χ1) is 14.6. The Hall–Kier alpha value is -2.71. The lowest BCUT2D eigenvalue weighted by Crippen LogP contribution is -2.41. The van der Waals surface area contributed by atoms with Crippen LogP contribution in [0.4, 0.5) is 5.69 Å². The van der Waals surface area contributed by atoms with Crippen molar-refractivity contribution in [1.29, 1.82) is 0 Å². The second-order valence-corrected chi connectivity index (χ2v) is 10.1. The molecule has 7 nitrogen and oxygen atoms in total. The van der Waals surface area contributed by atoms with Gasteiger partial charge < -0.3 is 10.2 Å². The zero-order valence-corrected chi connectivity index (χ0v) is 19.2. The Morgan fingerprint density at radius 1 is 1.00 bits per heavy atom. The third-order valence-electron chi connectivity index (χ3n) is 5.76. The van der Waals surface area contributed by atoms with Crippen molar-refractivity contribution in [3.8, 4) is 0 Å². The van der Waals surface area contributed by atoms with E-state index in [0.717, 1.165) is 11.1 Å². The van der Waals surface area contributed by atoms with Crippen molar-refractivity contribution in [2.24, 2.45) is 5.92 Å². The van der Waals surface area contributed by atoms with Crippen molar-refractivity contribution >= 4 is 27.5 Å². The lowest BCUT2D eigenvalue weighted by Gasteiger charge is -2.30. The van der Waals surface area contributed by atoms with E-state index >= 15 is 0 Å². The topological polar surface area (TPSA) is 86.8 Å². The molecule has 0 saturated carbocycles. The Bertz CT molecular complexity index is 1090. The number of para-hydroxylation sites is 1. The van der Waals surface area contributed by atoms with Gasteiger partial charge in [-0.2, -0.15) is 4.31 Å². The van der Waals surface area contributed by atoms with Crippen LogP contribution in [0.3, 0.4) is 0 Å². The van der Waals surface area contributed by atoms with Gasteiger partial charge in [0.1, 0.15) is 0 Å². The van der Waals surface area contributed by atoms with Crippen molar-refractivity contribution in [1.82, 2.24) is 9.21 Å². The van der Waals surface area contributed by atoms with Gasteiger partial charge in [0.25, 0.3) is 5.91 Å². The van der Waals surface area contributed by atoms with E-state index in [9.17, 15) is 18.0 Å². The van der Waals surface area contributed by atoms with E-state index in [4.69, 9.17) is 0 Å². The van der Waals surface area contributed by atoms with Gasteiger partial charge in [0, 0.05) is 33.1 Å². The van der Waals surface area contributed by atoms with Gasteiger partial charge in [-0.15, -0.1) is 0 Å².